The number of hydrogen-bond acceptors (Lipinski definition) is 4. The number of amides is 1. The Morgan fingerprint density at radius 1 is 1.09 bits per heavy atom. The molecular formula is C26H24ClN3O2S. The van der Waals surface area contributed by atoms with Crippen LogP contribution in [0.1, 0.15) is 30.9 Å². The van der Waals surface area contributed by atoms with E-state index in [9.17, 15) is 9.59 Å². The maximum atomic E-state index is 13.5. The lowest BCUT2D eigenvalue weighted by Crippen LogP contribution is -2.24. The summed E-state index contributed by atoms with van der Waals surface area (Å²) in [6.45, 7) is 6.09. The Kier molecular flexibility index (Phi) is 6.86. The Morgan fingerprint density at radius 2 is 1.82 bits per heavy atom. The SMILES string of the molecule is Cc1ccc(Cl)cc1NC(=O)CSc1nc2ccccc2c(=O)n1-c1ccccc1C(C)C. The molecule has 0 saturated heterocycles. The van der Waals surface area contributed by atoms with Crippen LogP contribution in [0.4, 0.5) is 5.69 Å². The minimum absolute atomic E-state index is 0.0978. The third-order valence-electron chi connectivity index (χ3n) is 5.35. The van der Waals surface area contributed by atoms with Gasteiger partial charge in [-0.3, -0.25) is 14.2 Å². The molecule has 0 spiro atoms. The van der Waals surface area contributed by atoms with E-state index in [2.05, 4.69) is 19.2 Å². The van der Waals surface area contributed by atoms with E-state index >= 15 is 0 Å². The number of aromatic nitrogens is 2. The fourth-order valence-corrected chi connectivity index (χ4v) is 4.62. The lowest BCUT2D eigenvalue weighted by Gasteiger charge is -2.18. The van der Waals surface area contributed by atoms with Gasteiger partial charge in [0.05, 0.1) is 22.3 Å². The number of carbonyl (C=O) groups is 1. The van der Waals surface area contributed by atoms with E-state index < -0.39 is 0 Å². The molecule has 4 rings (SSSR count). The molecule has 0 radical (unpaired) electrons. The summed E-state index contributed by atoms with van der Waals surface area (Å²) in [5, 5.41) is 4.47. The van der Waals surface area contributed by atoms with Gasteiger partial charge in [0, 0.05) is 10.7 Å². The molecule has 7 heteroatoms. The number of carbonyl (C=O) groups excluding carboxylic acids is 1. The number of benzene rings is 3. The van der Waals surface area contributed by atoms with Crippen LogP contribution in [0.2, 0.25) is 5.02 Å². The van der Waals surface area contributed by atoms with Gasteiger partial charge in [-0.05, 0) is 54.3 Å². The monoisotopic (exact) mass is 477 g/mol. The van der Waals surface area contributed by atoms with Crippen molar-refractivity contribution in [3.05, 3.63) is 93.2 Å². The molecule has 0 saturated carbocycles. The van der Waals surface area contributed by atoms with Gasteiger partial charge in [-0.25, -0.2) is 4.98 Å². The fraction of sp³-hybridized carbons (Fsp3) is 0.192. The van der Waals surface area contributed by atoms with Gasteiger partial charge in [0.25, 0.3) is 5.56 Å². The first-order chi connectivity index (χ1) is 15.8. The molecule has 0 aliphatic carbocycles. The normalized spacial score (nSPS) is 11.2. The zero-order chi connectivity index (χ0) is 23.5. The summed E-state index contributed by atoms with van der Waals surface area (Å²) >= 11 is 7.31. The van der Waals surface area contributed by atoms with Crippen molar-refractivity contribution in [3.63, 3.8) is 0 Å². The molecule has 0 atom stereocenters. The zero-order valence-electron chi connectivity index (χ0n) is 18.6. The first-order valence-electron chi connectivity index (χ1n) is 10.6. The third-order valence-corrected chi connectivity index (χ3v) is 6.52. The van der Waals surface area contributed by atoms with Crippen LogP contribution < -0.4 is 10.9 Å². The van der Waals surface area contributed by atoms with Crippen molar-refractivity contribution in [2.45, 2.75) is 31.8 Å². The Hall–Kier alpha value is -3.09. The Balaban J connectivity index is 1.73. The summed E-state index contributed by atoms with van der Waals surface area (Å²) < 4.78 is 1.63. The number of nitrogens with zero attached hydrogens (tertiary/aromatic N) is 2. The summed E-state index contributed by atoms with van der Waals surface area (Å²) in [4.78, 5) is 31.0. The molecule has 0 aliphatic rings. The first kappa shape index (κ1) is 23.1. The van der Waals surface area contributed by atoms with Gasteiger partial charge < -0.3 is 5.32 Å². The molecule has 0 bridgehead atoms. The standard InChI is InChI=1S/C26H24ClN3O2S/c1-16(2)19-8-5-7-11-23(19)30-25(32)20-9-4-6-10-21(20)29-26(30)33-15-24(31)28-22-14-18(27)13-12-17(22)3/h4-14,16H,15H2,1-3H3,(H,28,31). The molecule has 1 N–H and O–H groups in total. The molecule has 33 heavy (non-hydrogen) atoms. The Morgan fingerprint density at radius 3 is 2.61 bits per heavy atom. The molecule has 1 aromatic heterocycles. The molecule has 3 aromatic carbocycles. The summed E-state index contributed by atoms with van der Waals surface area (Å²) in [6, 6.07) is 20.5. The van der Waals surface area contributed by atoms with Crippen molar-refractivity contribution in [2.75, 3.05) is 11.1 Å². The molecule has 1 amide bonds. The topological polar surface area (TPSA) is 64.0 Å². The summed E-state index contributed by atoms with van der Waals surface area (Å²) in [7, 11) is 0. The number of para-hydroxylation sites is 2. The highest BCUT2D eigenvalue weighted by atomic mass is 35.5. The van der Waals surface area contributed by atoms with E-state index in [0.29, 0.717) is 26.8 Å². The van der Waals surface area contributed by atoms with Crippen LogP contribution in [0.5, 0.6) is 0 Å². The van der Waals surface area contributed by atoms with Crippen molar-refractivity contribution >= 4 is 45.9 Å². The van der Waals surface area contributed by atoms with Crippen molar-refractivity contribution in [1.82, 2.24) is 9.55 Å². The van der Waals surface area contributed by atoms with Gasteiger partial charge in [0.15, 0.2) is 5.16 Å². The largest absolute Gasteiger partial charge is 0.325 e. The van der Waals surface area contributed by atoms with Crippen LogP contribution in [0, 0.1) is 6.92 Å². The summed E-state index contributed by atoms with van der Waals surface area (Å²) in [5.74, 6) is 0.114. The second-order valence-electron chi connectivity index (χ2n) is 8.06. The predicted octanol–water partition coefficient (Wildman–Crippen LogP) is 6.20. The Bertz CT molecular complexity index is 1400. The van der Waals surface area contributed by atoms with Gasteiger partial charge in [-0.2, -0.15) is 0 Å². The van der Waals surface area contributed by atoms with E-state index in [4.69, 9.17) is 16.6 Å². The van der Waals surface area contributed by atoms with Crippen molar-refractivity contribution in [2.24, 2.45) is 0 Å². The van der Waals surface area contributed by atoms with Crippen molar-refractivity contribution in [1.29, 1.82) is 0 Å². The second kappa shape index (κ2) is 9.81. The van der Waals surface area contributed by atoms with Crippen LogP contribution in [0.3, 0.4) is 0 Å². The lowest BCUT2D eigenvalue weighted by atomic mass is 10.0. The number of fused-ring (bicyclic) bond motifs is 1. The highest BCUT2D eigenvalue weighted by molar-refractivity contribution is 7.99. The first-order valence-corrected chi connectivity index (χ1v) is 12.0. The minimum Gasteiger partial charge on any atom is -0.325 e. The molecular weight excluding hydrogens is 454 g/mol. The summed E-state index contributed by atoms with van der Waals surface area (Å²) in [6.07, 6.45) is 0. The zero-order valence-corrected chi connectivity index (χ0v) is 20.2. The Labute approximate surface area is 201 Å². The maximum Gasteiger partial charge on any atom is 0.266 e. The average molecular weight is 478 g/mol. The van der Waals surface area contributed by atoms with E-state index in [-0.39, 0.29) is 23.1 Å². The van der Waals surface area contributed by atoms with Crippen LogP contribution in [0.15, 0.2) is 76.7 Å². The van der Waals surface area contributed by atoms with Crippen molar-refractivity contribution in [3.8, 4) is 5.69 Å². The molecule has 0 fully saturated rings. The molecule has 0 aliphatic heterocycles. The number of thioether (sulfide) groups is 1. The highest BCUT2D eigenvalue weighted by Gasteiger charge is 2.18. The number of aryl methyl sites for hydroxylation is 1. The number of anilines is 1. The lowest BCUT2D eigenvalue weighted by molar-refractivity contribution is -0.113. The van der Waals surface area contributed by atoms with Crippen LogP contribution in [0.25, 0.3) is 16.6 Å². The number of rotatable bonds is 6. The van der Waals surface area contributed by atoms with E-state index in [1.165, 1.54) is 11.8 Å². The van der Waals surface area contributed by atoms with E-state index in [1.54, 1.807) is 22.8 Å². The van der Waals surface area contributed by atoms with Gasteiger partial charge in [0.2, 0.25) is 5.91 Å². The maximum absolute atomic E-state index is 13.5. The smallest absolute Gasteiger partial charge is 0.266 e. The summed E-state index contributed by atoms with van der Waals surface area (Å²) in [5.41, 5.74) is 3.87. The molecule has 168 valence electrons. The quantitative estimate of drug-likeness (QED) is 0.265. The second-order valence-corrected chi connectivity index (χ2v) is 9.44. The van der Waals surface area contributed by atoms with Gasteiger partial charge in [0.1, 0.15) is 0 Å². The number of nitrogens with one attached hydrogen (secondary N) is 1. The average Bonchev–Trinajstić information content (AvgIpc) is 2.80. The van der Waals surface area contributed by atoms with Crippen LogP contribution >= 0.6 is 23.4 Å². The predicted molar refractivity (Wildman–Crippen MR) is 137 cm³/mol. The molecule has 1 heterocycles. The molecule has 5 nitrogen and oxygen atoms in total. The highest BCUT2D eigenvalue weighted by Crippen LogP contribution is 2.27. The van der Waals surface area contributed by atoms with Gasteiger partial charge in [-0.15, -0.1) is 0 Å². The van der Waals surface area contributed by atoms with Crippen LogP contribution in [-0.2, 0) is 4.79 Å². The fourth-order valence-electron chi connectivity index (χ4n) is 3.65. The number of hydrogen-bond donors (Lipinski definition) is 1. The van der Waals surface area contributed by atoms with Gasteiger partial charge >= 0.3 is 0 Å². The van der Waals surface area contributed by atoms with E-state index in [0.717, 1.165) is 16.8 Å². The molecule has 4 aromatic rings. The van der Waals surface area contributed by atoms with E-state index in [1.807, 2.05) is 55.5 Å². The number of halogens is 1. The minimum atomic E-state index is -0.198. The molecule has 0 unspecified atom stereocenters. The van der Waals surface area contributed by atoms with Crippen LogP contribution in [-0.4, -0.2) is 21.2 Å². The van der Waals surface area contributed by atoms with Gasteiger partial charge in [-0.1, -0.05) is 73.6 Å². The third kappa shape index (κ3) is 4.97. The van der Waals surface area contributed by atoms with Crippen molar-refractivity contribution < 1.29 is 4.79 Å².